The van der Waals surface area contributed by atoms with Crippen LogP contribution < -0.4 is 10.1 Å². The second kappa shape index (κ2) is 7.08. The van der Waals surface area contributed by atoms with Crippen molar-refractivity contribution < 1.29 is 23.1 Å². The van der Waals surface area contributed by atoms with Crippen LogP contribution in [-0.2, 0) is 11.4 Å². The van der Waals surface area contributed by atoms with Gasteiger partial charge in [-0.25, -0.2) is 18.7 Å². The van der Waals surface area contributed by atoms with Crippen LogP contribution in [0.25, 0.3) is 10.3 Å². The van der Waals surface area contributed by atoms with Crippen LogP contribution in [0, 0.1) is 11.6 Å². The van der Waals surface area contributed by atoms with E-state index in [0.717, 1.165) is 12.1 Å². The minimum atomic E-state index is -1.21. The highest BCUT2D eigenvalue weighted by Gasteiger charge is 2.21. The number of pyridine rings is 1. The fourth-order valence-corrected chi connectivity index (χ4v) is 2.98. The quantitative estimate of drug-likeness (QED) is 0.685. The van der Waals surface area contributed by atoms with Gasteiger partial charge in [-0.2, -0.15) is 0 Å². The Kier molecular flexibility index (Phi) is 4.86. The van der Waals surface area contributed by atoms with Gasteiger partial charge in [0.05, 0.1) is 5.02 Å². The minimum absolute atomic E-state index is 0.0357. The summed E-state index contributed by atoms with van der Waals surface area (Å²) in [6.45, 7) is -0.115. The van der Waals surface area contributed by atoms with Crippen LogP contribution >= 0.6 is 22.9 Å². The van der Waals surface area contributed by atoms with Crippen molar-refractivity contribution in [1.29, 1.82) is 0 Å². The molecule has 0 bridgehead atoms. The lowest BCUT2D eigenvalue weighted by Gasteiger charge is -2.09. The SMILES string of the molecule is O=CNC(=O)c1c(F)ccc(OCc2nc3cc(Cl)cnc3s2)c1F. The molecule has 2 aromatic heterocycles. The Morgan fingerprint density at radius 2 is 2.20 bits per heavy atom. The Labute approximate surface area is 148 Å². The molecule has 0 aliphatic heterocycles. The number of carbonyl (C=O) groups excluding carboxylic acids is 2. The normalized spacial score (nSPS) is 10.7. The number of halogens is 3. The number of amides is 2. The van der Waals surface area contributed by atoms with Crippen molar-refractivity contribution in [3.8, 4) is 5.75 Å². The van der Waals surface area contributed by atoms with Crippen molar-refractivity contribution in [3.63, 3.8) is 0 Å². The molecule has 0 aliphatic rings. The molecule has 128 valence electrons. The number of ether oxygens (including phenoxy) is 1. The molecular formula is C15H8ClF2N3O3S. The second-order valence-electron chi connectivity index (χ2n) is 4.70. The molecule has 0 aliphatic carbocycles. The van der Waals surface area contributed by atoms with E-state index in [0.29, 0.717) is 20.4 Å². The number of benzene rings is 1. The highest BCUT2D eigenvalue weighted by molar-refractivity contribution is 7.18. The number of imide groups is 1. The molecule has 0 fully saturated rings. The van der Waals surface area contributed by atoms with E-state index in [1.54, 1.807) is 11.4 Å². The van der Waals surface area contributed by atoms with Crippen LogP contribution in [0.15, 0.2) is 24.4 Å². The first-order valence-corrected chi connectivity index (χ1v) is 7.95. The maximum absolute atomic E-state index is 14.3. The third kappa shape index (κ3) is 3.57. The van der Waals surface area contributed by atoms with Gasteiger partial charge in [-0.3, -0.25) is 14.9 Å². The van der Waals surface area contributed by atoms with Gasteiger partial charge in [0.15, 0.2) is 11.6 Å². The van der Waals surface area contributed by atoms with Crippen LogP contribution in [0.4, 0.5) is 8.78 Å². The van der Waals surface area contributed by atoms with Crippen LogP contribution in [0.2, 0.25) is 5.02 Å². The Morgan fingerprint density at radius 3 is 2.96 bits per heavy atom. The summed E-state index contributed by atoms with van der Waals surface area (Å²) in [7, 11) is 0. The van der Waals surface area contributed by atoms with E-state index in [9.17, 15) is 18.4 Å². The fourth-order valence-electron chi connectivity index (χ4n) is 2.02. The van der Waals surface area contributed by atoms with Crippen LogP contribution in [0.3, 0.4) is 0 Å². The van der Waals surface area contributed by atoms with E-state index in [-0.39, 0.29) is 18.8 Å². The lowest BCUT2D eigenvalue weighted by atomic mass is 10.1. The predicted octanol–water partition coefficient (Wildman–Crippen LogP) is 3.09. The number of nitrogens with one attached hydrogen (secondary N) is 1. The Bertz CT molecular complexity index is 980. The molecule has 1 aromatic carbocycles. The van der Waals surface area contributed by atoms with Gasteiger partial charge >= 0.3 is 0 Å². The molecule has 1 N–H and O–H groups in total. The molecular weight excluding hydrogens is 376 g/mol. The van der Waals surface area contributed by atoms with Crippen molar-refractivity contribution in [2.75, 3.05) is 0 Å². The van der Waals surface area contributed by atoms with Crippen molar-refractivity contribution >= 4 is 45.6 Å². The molecule has 25 heavy (non-hydrogen) atoms. The summed E-state index contributed by atoms with van der Waals surface area (Å²) in [5.74, 6) is -3.86. The predicted molar refractivity (Wildman–Crippen MR) is 86.6 cm³/mol. The van der Waals surface area contributed by atoms with E-state index in [1.165, 1.54) is 17.5 Å². The Morgan fingerprint density at radius 1 is 1.40 bits per heavy atom. The summed E-state index contributed by atoms with van der Waals surface area (Å²) in [6.07, 6.45) is 1.51. The molecule has 0 unspecified atom stereocenters. The summed E-state index contributed by atoms with van der Waals surface area (Å²) < 4.78 is 33.2. The second-order valence-corrected chi connectivity index (χ2v) is 6.20. The number of hydrogen-bond acceptors (Lipinski definition) is 6. The lowest BCUT2D eigenvalue weighted by molar-refractivity contribution is -0.108. The van der Waals surface area contributed by atoms with Crippen LogP contribution in [0.1, 0.15) is 15.4 Å². The minimum Gasteiger partial charge on any atom is -0.483 e. The van der Waals surface area contributed by atoms with Crippen LogP contribution in [0.5, 0.6) is 5.75 Å². The standard InChI is InChI=1S/C15H8ClF2N3O3S/c16-7-3-9-15(19-4-7)25-11(21-9)5-24-10-2-1-8(17)12(13(10)18)14(23)20-6-22/h1-4,6H,5H2,(H,20,22,23). The van der Waals surface area contributed by atoms with E-state index in [4.69, 9.17) is 16.3 Å². The van der Waals surface area contributed by atoms with Gasteiger partial charge in [0.1, 0.15) is 33.3 Å². The van der Waals surface area contributed by atoms with Gasteiger partial charge in [0, 0.05) is 6.20 Å². The summed E-state index contributed by atoms with van der Waals surface area (Å²) in [5.41, 5.74) is -0.330. The number of nitrogens with zero attached hydrogens (tertiary/aromatic N) is 2. The zero-order chi connectivity index (χ0) is 18.0. The molecule has 0 radical (unpaired) electrons. The molecule has 2 amide bonds. The topological polar surface area (TPSA) is 81.2 Å². The number of fused-ring (bicyclic) bond motifs is 1. The first-order valence-electron chi connectivity index (χ1n) is 6.76. The monoisotopic (exact) mass is 383 g/mol. The van der Waals surface area contributed by atoms with Gasteiger partial charge in [-0.15, -0.1) is 0 Å². The molecule has 10 heteroatoms. The zero-order valence-electron chi connectivity index (χ0n) is 12.3. The van der Waals surface area contributed by atoms with E-state index >= 15 is 0 Å². The van der Waals surface area contributed by atoms with Gasteiger partial charge < -0.3 is 4.74 Å². The Hall–Kier alpha value is -2.65. The smallest absolute Gasteiger partial charge is 0.263 e. The summed E-state index contributed by atoms with van der Waals surface area (Å²) in [6, 6.07) is 3.55. The zero-order valence-corrected chi connectivity index (χ0v) is 13.8. The van der Waals surface area contributed by atoms with Crippen LogP contribution in [-0.4, -0.2) is 22.3 Å². The summed E-state index contributed by atoms with van der Waals surface area (Å²) >= 11 is 7.06. The largest absolute Gasteiger partial charge is 0.483 e. The average molecular weight is 384 g/mol. The molecule has 0 saturated carbocycles. The number of rotatable bonds is 5. The van der Waals surface area contributed by atoms with Crippen molar-refractivity contribution in [1.82, 2.24) is 15.3 Å². The fraction of sp³-hybridized carbons (Fsp3) is 0.0667. The molecule has 6 nitrogen and oxygen atoms in total. The maximum Gasteiger partial charge on any atom is 0.263 e. The molecule has 0 saturated heterocycles. The van der Waals surface area contributed by atoms with Crippen molar-refractivity contribution in [2.45, 2.75) is 6.61 Å². The third-order valence-corrected chi connectivity index (χ3v) is 4.24. The summed E-state index contributed by atoms with van der Waals surface area (Å²) in [5, 5.41) is 2.61. The van der Waals surface area contributed by atoms with Gasteiger partial charge in [0.25, 0.3) is 5.91 Å². The van der Waals surface area contributed by atoms with Gasteiger partial charge in [0.2, 0.25) is 6.41 Å². The van der Waals surface area contributed by atoms with E-state index in [2.05, 4.69) is 9.97 Å². The van der Waals surface area contributed by atoms with E-state index in [1.807, 2.05) is 0 Å². The molecule has 2 heterocycles. The first-order chi connectivity index (χ1) is 12.0. The average Bonchev–Trinajstić information content (AvgIpc) is 2.96. The molecule has 3 rings (SSSR count). The van der Waals surface area contributed by atoms with Gasteiger partial charge in [-0.05, 0) is 18.2 Å². The highest BCUT2D eigenvalue weighted by atomic mass is 35.5. The lowest BCUT2D eigenvalue weighted by Crippen LogP contribution is -2.24. The Balaban J connectivity index is 1.83. The maximum atomic E-state index is 14.3. The van der Waals surface area contributed by atoms with Crippen molar-refractivity contribution in [2.24, 2.45) is 0 Å². The highest BCUT2D eigenvalue weighted by Crippen LogP contribution is 2.26. The van der Waals surface area contributed by atoms with Crippen molar-refractivity contribution in [3.05, 3.63) is 51.6 Å². The van der Waals surface area contributed by atoms with E-state index < -0.39 is 23.1 Å². The van der Waals surface area contributed by atoms with Gasteiger partial charge in [-0.1, -0.05) is 22.9 Å². The number of carbonyl (C=O) groups is 2. The molecule has 0 spiro atoms. The molecule has 3 aromatic rings. The number of aromatic nitrogens is 2. The number of thiazole rings is 1. The number of hydrogen-bond donors (Lipinski definition) is 1. The first kappa shape index (κ1) is 17.2. The third-order valence-electron chi connectivity index (χ3n) is 3.08. The summed E-state index contributed by atoms with van der Waals surface area (Å²) in [4.78, 5) is 30.8. The molecule has 0 atom stereocenters.